The molecule has 112 valence electrons. The molecule has 0 saturated heterocycles. The Morgan fingerprint density at radius 2 is 1.86 bits per heavy atom. The van der Waals surface area contributed by atoms with E-state index in [0.29, 0.717) is 11.5 Å². The quantitative estimate of drug-likeness (QED) is 0.917. The topological polar surface area (TPSA) is 92.5 Å². The lowest BCUT2D eigenvalue weighted by molar-refractivity contribution is 0.0697. The molecule has 0 fully saturated rings. The minimum atomic E-state index is -3.77. The van der Waals surface area contributed by atoms with Crippen molar-refractivity contribution < 1.29 is 18.3 Å². The van der Waals surface area contributed by atoms with Crippen LogP contribution in [0.1, 0.15) is 16.2 Å². The number of carboxylic acids is 1. The van der Waals surface area contributed by atoms with E-state index >= 15 is 0 Å². The molecule has 1 aromatic carbocycles. The second-order valence-electron chi connectivity index (χ2n) is 4.56. The van der Waals surface area contributed by atoms with Gasteiger partial charge in [-0.05, 0) is 31.2 Å². The summed E-state index contributed by atoms with van der Waals surface area (Å²) in [6, 6.07) is 5.59. The third-order valence-electron chi connectivity index (χ3n) is 3.19. The van der Waals surface area contributed by atoms with Crippen LogP contribution in [0.2, 0.25) is 0 Å². The largest absolute Gasteiger partial charge is 0.478 e. The van der Waals surface area contributed by atoms with Crippen molar-refractivity contribution in [2.24, 2.45) is 7.05 Å². The van der Waals surface area contributed by atoms with E-state index in [9.17, 15) is 13.2 Å². The van der Waals surface area contributed by atoms with E-state index < -0.39 is 16.0 Å². The summed E-state index contributed by atoms with van der Waals surface area (Å²) in [5.74, 6) is -0.476. The van der Waals surface area contributed by atoms with Gasteiger partial charge in [0.05, 0.1) is 11.3 Å². The second kappa shape index (κ2) is 5.21. The number of sulfonamides is 1. The maximum Gasteiger partial charge on any atom is 0.335 e. The first-order chi connectivity index (χ1) is 9.73. The van der Waals surface area contributed by atoms with Crippen molar-refractivity contribution in [1.82, 2.24) is 9.55 Å². The molecule has 0 aliphatic carbocycles. The van der Waals surface area contributed by atoms with Gasteiger partial charge in [-0.2, -0.15) is 8.42 Å². The maximum absolute atomic E-state index is 12.5. The van der Waals surface area contributed by atoms with Gasteiger partial charge in [-0.3, -0.25) is 4.31 Å². The van der Waals surface area contributed by atoms with E-state index in [2.05, 4.69) is 4.98 Å². The Morgan fingerprint density at radius 1 is 1.29 bits per heavy atom. The predicted octanol–water partition coefficient (Wildman–Crippen LogP) is 1.25. The van der Waals surface area contributed by atoms with Gasteiger partial charge in [-0.25, -0.2) is 9.78 Å². The summed E-state index contributed by atoms with van der Waals surface area (Å²) < 4.78 is 27.6. The molecule has 0 radical (unpaired) electrons. The predicted molar refractivity (Wildman–Crippen MR) is 76.9 cm³/mol. The summed E-state index contributed by atoms with van der Waals surface area (Å²) in [6.45, 7) is 1.71. The molecule has 0 spiro atoms. The van der Waals surface area contributed by atoms with Crippen LogP contribution in [0.5, 0.6) is 0 Å². The fraction of sp³-hybridized carbons (Fsp3) is 0.231. The number of aromatic nitrogens is 2. The van der Waals surface area contributed by atoms with Gasteiger partial charge in [0.1, 0.15) is 5.82 Å². The summed E-state index contributed by atoms with van der Waals surface area (Å²) in [5.41, 5.74) is 0.460. The average Bonchev–Trinajstić information content (AvgIpc) is 2.78. The highest BCUT2D eigenvalue weighted by Crippen LogP contribution is 2.21. The van der Waals surface area contributed by atoms with E-state index in [1.54, 1.807) is 18.5 Å². The highest BCUT2D eigenvalue weighted by molar-refractivity contribution is 7.92. The molecule has 7 nitrogen and oxygen atoms in total. The molecule has 8 heteroatoms. The van der Waals surface area contributed by atoms with E-state index in [1.165, 1.54) is 37.5 Å². The Morgan fingerprint density at radius 3 is 2.29 bits per heavy atom. The zero-order valence-electron chi connectivity index (χ0n) is 11.8. The number of anilines is 1. The fourth-order valence-corrected chi connectivity index (χ4v) is 2.96. The molecule has 0 saturated carbocycles. The monoisotopic (exact) mass is 309 g/mol. The summed E-state index contributed by atoms with van der Waals surface area (Å²) in [7, 11) is -0.664. The van der Waals surface area contributed by atoms with Gasteiger partial charge in [0.2, 0.25) is 0 Å². The van der Waals surface area contributed by atoms with Gasteiger partial charge in [-0.15, -0.1) is 0 Å². The highest BCUT2D eigenvalue weighted by atomic mass is 32.2. The molecular weight excluding hydrogens is 294 g/mol. The van der Waals surface area contributed by atoms with Gasteiger partial charge in [0, 0.05) is 20.3 Å². The van der Waals surface area contributed by atoms with E-state index in [4.69, 9.17) is 5.11 Å². The van der Waals surface area contributed by atoms with Crippen molar-refractivity contribution in [3.63, 3.8) is 0 Å². The summed E-state index contributed by atoms with van der Waals surface area (Å²) in [6.07, 6.45) is 1.44. The first-order valence-electron chi connectivity index (χ1n) is 6.05. The van der Waals surface area contributed by atoms with Gasteiger partial charge < -0.3 is 9.67 Å². The van der Waals surface area contributed by atoms with Gasteiger partial charge in [-0.1, -0.05) is 0 Å². The molecular formula is C13H15N3O4S. The molecule has 2 aromatic rings. The Bertz CT molecular complexity index is 759. The van der Waals surface area contributed by atoms with Gasteiger partial charge >= 0.3 is 5.97 Å². The second-order valence-corrected chi connectivity index (χ2v) is 6.48. The zero-order valence-corrected chi connectivity index (χ0v) is 12.6. The van der Waals surface area contributed by atoms with Crippen LogP contribution in [0, 0.1) is 6.92 Å². The number of imidazole rings is 1. The number of hydrogen-bond acceptors (Lipinski definition) is 4. The van der Waals surface area contributed by atoms with Gasteiger partial charge in [0.15, 0.2) is 5.03 Å². The van der Waals surface area contributed by atoms with Crippen molar-refractivity contribution in [2.45, 2.75) is 11.9 Å². The van der Waals surface area contributed by atoms with E-state index in [-0.39, 0.29) is 10.6 Å². The van der Waals surface area contributed by atoms with Crippen molar-refractivity contribution >= 4 is 21.7 Å². The molecule has 2 rings (SSSR count). The standard InChI is InChI=1S/C13H15N3O4S/c1-9-14-12(8-15(9)2)21(19,20)16(3)11-6-4-10(5-7-11)13(17)18/h4-8H,1-3H3,(H,17,18). The molecule has 21 heavy (non-hydrogen) atoms. The lowest BCUT2D eigenvalue weighted by Crippen LogP contribution is -2.26. The molecule has 1 heterocycles. The molecule has 0 unspecified atom stereocenters. The van der Waals surface area contributed by atoms with Crippen LogP contribution in [0.4, 0.5) is 5.69 Å². The van der Waals surface area contributed by atoms with E-state index in [1.807, 2.05) is 0 Å². The number of nitrogens with zero attached hydrogens (tertiary/aromatic N) is 3. The first kappa shape index (κ1) is 15.0. The first-order valence-corrected chi connectivity index (χ1v) is 7.49. The molecule has 0 atom stereocenters. The molecule has 0 amide bonds. The minimum absolute atomic E-state index is 0.0488. The SMILES string of the molecule is Cc1nc(S(=O)(=O)N(C)c2ccc(C(=O)O)cc2)cn1C. The highest BCUT2D eigenvalue weighted by Gasteiger charge is 2.24. The number of carboxylic acid groups (broad SMARTS) is 1. The van der Waals surface area contributed by atoms with Crippen molar-refractivity contribution in [3.8, 4) is 0 Å². The number of benzene rings is 1. The third-order valence-corrected chi connectivity index (χ3v) is 4.85. The van der Waals surface area contributed by atoms with Crippen LogP contribution in [-0.2, 0) is 17.1 Å². The van der Waals surface area contributed by atoms with Crippen molar-refractivity contribution in [3.05, 3.63) is 41.9 Å². The Hall–Kier alpha value is -2.35. The lowest BCUT2D eigenvalue weighted by atomic mass is 10.2. The number of carbonyl (C=O) groups is 1. The third kappa shape index (κ3) is 2.75. The summed E-state index contributed by atoms with van der Waals surface area (Å²) in [5, 5.41) is 8.79. The van der Waals surface area contributed by atoms with Crippen molar-refractivity contribution in [2.75, 3.05) is 11.4 Å². The number of aryl methyl sites for hydroxylation is 2. The molecule has 1 aromatic heterocycles. The zero-order chi connectivity index (χ0) is 15.8. The van der Waals surface area contributed by atoms with Gasteiger partial charge in [0.25, 0.3) is 10.0 Å². The normalized spacial score (nSPS) is 11.4. The van der Waals surface area contributed by atoms with Crippen LogP contribution in [-0.4, -0.2) is 36.1 Å². The Kier molecular flexibility index (Phi) is 3.73. The van der Waals surface area contributed by atoms with Crippen LogP contribution in [0.3, 0.4) is 0 Å². The van der Waals surface area contributed by atoms with Crippen molar-refractivity contribution in [1.29, 1.82) is 0 Å². The molecule has 1 N–H and O–H groups in total. The van der Waals surface area contributed by atoms with E-state index in [0.717, 1.165) is 4.31 Å². The van der Waals surface area contributed by atoms with Crippen LogP contribution < -0.4 is 4.31 Å². The fourth-order valence-electron chi connectivity index (χ4n) is 1.74. The minimum Gasteiger partial charge on any atom is -0.478 e. The number of aromatic carboxylic acids is 1. The smallest absolute Gasteiger partial charge is 0.335 e. The Labute approximate surface area is 122 Å². The Balaban J connectivity index is 2.38. The lowest BCUT2D eigenvalue weighted by Gasteiger charge is -2.18. The summed E-state index contributed by atoms with van der Waals surface area (Å²) in [4.78, 5) is 14.8. The van der Waals surface area contributed by atoms with Crippen LogP contribution in [0.25, 0.3) is 0 Å². The van der Waals surface area contributed by atoms with Crippen LogP contribution in [0.15, 0.2) is 35.5 Å². The maximum atomic E-state index is 12.5. The van der Waals surface area contributed by atoms with Crippen LogP contribution >= 0.6 is 0 Å². The average molecular weight is 309 g/mol. The number of rotatable bonds is 4. The molecule has 0 aliphatic heterocycles. The molecule has 0 aliphatic rings. The summed E-state index contributed by atoms with van der Waals surface area (Å²) >= 11 is 0. The number of hydrogen-bond donors (Lipinski definition) is 1. The molecule has 0 bridgehead atoms.